The molecule has 5 nitrogen and oxygen atoms in total. The van der Waals surface area contributed by atoms with Gasteiger partial charge in [0.2, 0.25) is 0 Å². The van der Waals surface area contributed by atoms with Crippen LogP contribution in [0.15, 0.2) is 18.2 Å². The van der Waals surface area contributed by atoms with E-state index < -0.39 is 10.5 Å². The van der Waals surface area contributed by atoms with Gasteiger partial charge in [0, 0.05) is 12.1 Å². The van der Waals surface area contributed by atoms with Crippen molar-refractivity contribution in [2.75, 3.05) is 6.61 Å². The number of nitrogens with zero attached hydrogens (tertiary/aromatic N) is 1. The molecule has 104 valence electrons. The predicted molar refractivity (Wildman–Crippen MR) is 71.6 cm³/mol. The van der Waals surface area contributed by atoms with Crippen molar-refractivity contribution in [2.24, 2.45) is 0 Å². The molecule has 2 rings (SSSR count). The molecule has 6 heteroatoms. The Kier molecular flexibility index (Phi) is 4.27. The largest absolute Gasteiger partial charge is 0.489 e. The van der Waals surface area contributed by atoms with Crippen LogP contribution in [0.1, 0.15) is 32.1 Å². The van der Waals surface area contributed by atoms with Gasteiger partial charge in [-0.05, 0) is 18.9 Å². The molecule has 1 aromatic rings. The molecule has 1 fully saturated rings. The summed E-state index contributed by atoms with van der Waals surface area (Å²) in [6.07, 6.45) is 4.57. The lowest BCUT2D eigenvalue weighted by Crippen LogP contribution is -2.37. The first-order valence-corrected chi connectivity index (χ1v) is 6.67. The number of hydrogen-bond acceptors (Lipinski definition) is 4. The third kappa shape index (κ3) is 3.58. The third-order valence-corrected chi connectivity index (χ3v) is 3.70. The summed E-state index contributed by atoms with van der Waals surface area (Å²) in [5, 5.41) is 21.1. The Morgan fingerprint density at radius 3 is 2.63 bits per heavy atom. The molecule has 0 aromatic heterocycles. The Bertz CT molecular complexity index is 472. The molecule has 0 atom stereocenters. The number of nitro benzene ring substituents is 1. The highest BCUT2D eigenvalue weighted by Gasteiger charge is 2.30. The number of aliphatic hydroxyl groups is 1. The van der Waals surface area contributed by atoms with Crippen molar-refractivity contribution < 1.29 is 14.8 Å². The SMILES string of the molecule is O=[N+]([O-])c1ccc(OCC2(O)CCCCC2)c(Cl)c1. The van der Waals surface area contributed by atoms with E-state index in [9.17, 15) is 15.2 Å². The van der Waals surface area contributed by atoms with E-state index in [4.69, 9.17) is 16.3 Å². The van der Waals surface area contributed by atoms with E-state index in [0.717, 1.165) is 32.1 Å². The van der Waals surface area contributed by atoms with Crippen LogP contribution in [0.5, 0.6) is 5.75 Å². The highest BCUT2D eigenvalue weighted by molar-refractivity contribution is 6.32. The second-order valence-electron chi connectivity index (χ2n) is 4.95. The van der Waals surface area contributed by atoms with E-state index in [-0.39, 0.29) is 17.3 Å². The molecule has 0 amide bonds. The molecule has 1 aromatic carbocycles. The van der Waals surface area contributed by atoms with E-state index in [2.05, 4.69) is 0 Å². The monoisotopic (exact) mass is 285 g/mol. The fraction of sp³-hybridized carbons (Fsp3) is 0.538. The highest BCUT2D eigenvalue weighted by Crippen LogP contribution is 2.32. The van der Waals surface area contributed by atoms with Gasteiger partial charge in [-0.2, -0.15) is 0 Å². The van der Waals surface area contributed by atoms with Crippen LogP contribution in [0.4, 0.5) is 5.69 Å². The molecule has 0 bridgehead atoms. The van der Waals surface area contributed by atoms with Crippen molar-refractivity contribution in [1.82, 2.24) is 0 Å². The number of rotatable bonds is 4. The summed E-state index contributed by atoms with van der Waals surface area (Å²) in [4.78, 5) is 10.1. The molecule has 1 N–H and O–H groups in total. The summed E-state index contributed by atoms with van der Waals surface area (Å²) >= 11 is 5.93. The maximum atomic E-state index is 10.6. The number of benzene rings is 1. The van der Waals surface area contributed by atoms with Gasteiger partial charge in [-0.25, -0.2) is 0 Å². The zero-order valence-electron chi connectivity index (χ0n) is 10.5. The van der Waals surface area contributed by atoms with Crippen LogP contribution < -0.4 is 4.74 Å². The van der Waals surface area contributed by atoms with E-state index in [0.29, 0.717) is 5.75 Å². The van der Waals surface area contributed by atoms with Crippen molar-refractivity contribution in [1.29, 1.82) is 0 Å². The fourth-order valence-corrected chi connectivity index (χ4v) is 2.52. The van der Waals surface area contributed by atoms with Gasteiger partial charge in [-0.15, -0.1) is 0 Å². The molecule has 0 radical (unpaired) electrons. The lowest BCUT2D eigenvalue weighted by atomic mass is 9.85. The minimum atomic E-state index is -0.802. The molecule has 0 saturated heterocycles. The first-order chi connectivity index (χ1) is 9.00. The van der Waals surface area contributed by atoms with Crippen LogP contribution in [0.2, 0.25) is 5.02 Å². The van der Waals surface area contributed by atoms with Crippen molar-refractivity contribution in [3.05, 3.63) is 33.3 Å². The standard InChI is InChI=1S/C13H16ClNO4/c14-11-8-10(15(17)18)4-5-12(11)19-9-13(16)6-2-1-3-7-13/h4-5,8,16H,1-3,6-7,9H2. The second-order valence-corrected chi connectivity index (χ2v) is 5.35. The molecule has 0 spiro atoms. The second kappa shape index (κ2) is 5.75. The van der Waals surface area contributed by atoms with Gasteiger partial charge in [0.05, 0.1) is 15.5 Å². The van der Waals surface area contributed by atoms with Crippen LogP contribution in [-0.2, 0) is 0 Å². The number of non-ortho nitro benzene ring substituents is 1. The van der Waals surface area contributed by atoms with Gasteiger partial charge in [-0.3, -0.25) is 10.1 Å². The summed E-state index contributed by atoms with van der Waals surface area (Å²) in [6.45, 7) is 0.171. The summed E-state index contributed by atoms with van der Waals surface area (Å²) < 4.78 is 5.51. The Labute approximate surface area is 116 Å². The van der Waals surface area contributed by atoms with Crippen LogP contribution in [0, 0.1) is 10.1 Å². The van der Waals surface area contributed by atoms with Crippen LogP contribution in [0.3, 0.4) is 0 Å². The van der Waals surface area contributed by atoms with E-state index in [1.54, 1.807) is 0 Å². The summed E-state index contributed by atoms with van der Waals surface area (Å²) in [7, 11) is 0. The van der Waals surface area contributed by atoms with Gasteiger partial charge in [0.25, 0.3) is 5.69 Å². The summed E-state index contributed by atoms with van der Waals surface area (Å²) in [6, 6.07) is 4.06. The maximum Gasteiger partial charge on any atom is 0.271 e. The first-order valence-electron chi connectivity index (χ1n) is 6.29. The minimum Gasteiger partial charge on any atom is -0.489 e. The zero-order valence-corrected chi connectivity index (χ0v) is 11.2. The molecule has 0 aliphatic heterocycles. The average molecular weight is 286 g/mol. The number of hydrogen-bond donors (Lipinski definition) is 1. The van der Waals surface area contributed by atoms with Crippen molar-refractivity contribution >= 4 is 17.3 Å². The van der Waals surface area contributed by atoms with Gasteiger partial charge in [0.15, 0.2) is 0 Å². The van der Waals surface area contributed by atoms with Gasteiger partial charge in [-0.1, -0.05) is 30.9 Å². The van der Waals surface area contributed by atoms with Crippen LogP contribution >= 0.6 is 11.6 Å². The highest BCUT2D eigenvalue weighted by atomic mass is 35.5. The minimum absolute atomic E-state index is 0.0753. The average Bonchev–Trinajstić information content (AvgIpc) is 2.38. The molecular formula is C13H16ClNO4. The Balaban J connectivity index is 2.01. The number of nitro groups is 1. The first kappa shape index (κ1) is 14.1. The molecule has 0 unspecified atom stereocenters. The lowest BCUT2D eigenvalue weighted by molar-refractivity contribution is -0.384. The molecule has 1 aliphatic carbocycles. The topological polar surface area (TPSA) is 72.6 Å². The normalized spacial score (nSPS) is 18.0. The fourth-order valence-electron chi connectivity index (χ4n) is 2.29. The molecule has 1 saturated carbocycles. The molecular weight excluding hydrogens is 270 g/mol. The predicted octanol–water partition coefficient (Wildman–Crippen LogP) is 3.32. The Morgan fingerprint density at radius 1 is 1.37 bits per heavy atom. The summed E-state index contributed by atoms with van der Waals surface area (Å²) in [5.74, 6) is 0.367. The van der Waals surface area contributed by atoms with E-state index >= 15 is 0 Å². The molecule has 1 aliphatic rings. The zero-order chi connectivity index (χ0) is 13.9. The quantitative estimate of drug-likeness (QED) is 0.680. The number of halogens is 1. The van der Waals surface area contributed by atoms with Gasteiger partial charge in [0.1, 0.15) is 12.4 Å². The van der Waals surface area contributed by atoms with Crippen molar-refractivity contribution in [2.45, 2.75) is 37.7 Å². The van der Waals surface area contributed by atoms with E-state index in [1.807, 2.05) is 0 Å². The Hall–Kier alpha value is -1.33. The molecule has 0 heterocycles. The van der Waals surface area contributed by atoms with Crippen molar-refractivity contribution in [3.63, 3.8) is 0 Å². The smallest absolute Gasteiger partial charge is 0.271 e. The number of ether oxygens (including phenoxy) is 1. The summed E-state index contributed by atoms with van der Waals surface area (Å²) in [5.41, 5.74) is -0.877. The Morgan fingerprint density at radius 2 is 2.05 bits per heavy atom. The maximum absolute atomic E-state index is 10.6. The van der Waals surface area contributed by atoms with Crippen LogP contribution in [0.25, 0.3) is 0 Å². The van der Waals surface area contributed by atoms with Crippen molar-refractivity contribution in [3.8, 4) is 5.75 Å². The van der Waals surface area contributed by atoms with Gasteiger partial charge >= 0.3 is 0 Å². The van der Waals surface area contributed by atoms with E-state index in [1.165, 1.54) is 18.2 Å². The molecule has 19 heavy (non-hydrogen) atoms. The lowest BCUT2D eigenvalue weighted by Gasteiger charge is -2.31. The van der Waals surface area contributed by atoms with Crippen LogP contribution in [-0.4, -0.2) is 22.2 Å². The third-order valence-electron chi connectivity index (χ3n) is 3.41. The van der Waals surface area contributed by atoms with Gasteiger partial charge < -0.3 is 9.84 Å².